The van der Waals surface area contributed by atoms with Crippen molar-refractivity contribution in [3.05, 3.63) is 0 Å². The molecule has 0 heterocycles. The van der Waals surface area contributed by atoms with Crippen molar-refractivity contribution in [2.75, 3.05) is 0 Å². The van der Waals surface area contributed by atoms with Crippen LogP contribution in [0.5, 0.6) is 0 Å². The summed E-state index contributed by atoms with van der Waals surface area (Å²) in [7, 11) is 0. The molecule has 25 heavy (non-hydrogen) atoms. The highest BCUT2D eigenvalue weighted by atomic mass is 16.4. The molecular formula is C14H26N4O7. The van der Waals surface area contributed by atoms with Crippen molar-refractivity contribution in [1.29, 1.82) is 0 Å². The van der Waals surface area contributed by atoms with Crippen LogP contribution in [0.4, 0.5) is 0 Å². The molecule has 0 aromatic heterocycles. The van der Waals surface area contributed by atoms with Gasteiger partial charge in [-0.15, -0.1) is 0 Å². The number of amides is 3. The summed E-state index contributed by atoms with van der Waals surface area (Å²) in [6.07, 6.45) is -2.61. The van der Waals surface area contributed by atoms with E-state index in [1.165, 1.54) is 27.7 Å². The SMILES string of the molecule is CC(N)C(=O)NC(C(=O)NC(C)C(=O)NC(C(=O)O)C(C)O)C(C)O. The summed E-state index contributed by atoms with van der Waals surface area (Å²) in [5, 5.41) is 34.4. The van der Waals surface area contributed by atoms with E-state index >= 15 is 0 Å². The summed E-state index contributed by atoms with van der Waals surface area (Å²) in [6, 6.07) is -4.98. The lowest BCUT2D eigenvalue weighted by atomic mass is 10.1. The first kappa shape index (κ1) is 22.8. The highest BCUT2D eigenvalue weighted by Crippen LogP contribution is 1.98. The molecule has 0 fully saturated rings. The number of carboxylic acids is 1. The zero-order chi connectivity index (χ0) is 19.9. The monoisotopic (exact) mass is 362 g/mol. The maximum atomic E-state index is 12.1. The molecular weight excluding hydrogens is 336 g/mol. The fourth-order valence-electron chi connectivity index (χ4n) is 1.73. The van der Waals surface area contributed by atoms with E-state index < -0.39 is 60.1 Å². The van der Waals surface area contributed by atoms with E-state index in [-0.39, 0.29) is 0 Å². The largest absolute Gasteiger partial charge is 0.480 e. The van der Waals surface area contributed by atoms with Crippen LogP contribution in [0.2, 0.25) is 0 Å². The zero-order valence-electron chi connectivity index (χ0n) is 14.5. The predicted molar refractivity (Wildman–Crippen MR) is 86.1 cm³/mol. The quantitative estimate of drug-likeness (QED) is 0.221. The van der Waals surface area contributed by atoms with Gasteiger partial charge < -0.3 is 37.0 Å². The molecule has 0 saturated carbocycles. The molecule has 8 N–H and O–H groups in total. The number of hydrogen-bond acceptors (Lipinski definition) is 7. The fraction of sp³-hybridized carbons (Fsp3) is 0.714. The standard InChI is InChI=1S/C14H26N4O7/c1-5(15)11(21)17-9(7(3)19)13(23)16-6(2)12(22)18-10(8(4)20)14(24)25/h5-10,19-20H,15H2,1-4H3,(H,16,23)(H,17,21)(H,18,22)(H,24,25). The highest BCUT2D eigenvalue weighted by Gasteiger charge is 2.31. The third kappa shape index (κ3) is 7.45. The Morgan fingerprint density at radius 2 is 1.20 bits per heavy atom. The Morgan fingerprint density at radius 3 is 1.56 bits per heavy atom. The van der Waals surface area contributed by atoms with Gasteiger partial charge in [-0.25, -0.2) is 4.79 Å². The van der Waals surface area contributed by atoms with Crippen LogP contribution in [-0.2, 0) is 19.2 Å². The van der Waals surface area contributed by atoms with Crippen molar-refractivity contribution in [3.63, 3.8) is 0 Å². The van der Waals surface area contributed by atoms with Crippen LogP contribution in [0, 0.1) is 0 Å². The molecule has 11 nitrogen and oxygen atoms in total. The molecule has 0 radical (unpaired) electrons. The number of carbonyl (C=O) groups excluding carboxylic acids is 3. The van der Waals surface area contributed by atoms with Gasteiger partial charge in [-0.2, -0.15) is 0 Å². The number of carbonyl (C=O) groups is 4. The summed E-state index contributed by atoms with van der Waals surface area (Å²) >= 11 is 0. The van der Waals surface area contributed by atoms with Crippen molar-refractivity contribution in [1.82, 2.24) is 16.0 Å². The van der Waals surface area contributed by atoms with Crippen LogP contribution in [0.3, 0.4) is 0 Å². The number of nitrogens with two attached hydrogens (primary N) is 1. The number of carboxylic acid groups (broad SMARTS) is 1. The lowest BCUT2D eigenvalue weighted by Gasteiger charge is -2.25. The van der Waals surface area contributed by atoms with E-state index in [4.69, 9.17) is 10.8 Å². The lowest BCUT2D eigenvalue weighted by molar-refractivity contribution is -0.145. The van der Waals surface area contributed by atoms with Crippen LogP contribution in [0.15, 0.2) is 0 Å². The van der Waals surface area contributed by atoms with Crippen molar-refractivity contribution in [2.24, 2.45) is 5.73 Å². The maximum absolute atomic E-state index is 12.1. The van der Waals surface area contributed by atoms with Crippen molar-refractivity contribution in [2.45, 2.75) is 64.1 Å². The van der Waals surface area contributed by atoms with Crippen LogP contribution in [0.1, 0.15) is 27.7 Å². The highest BCUT2D eigenvalue weighted by molar-refractivity contribution is 5.94. The molecule has 0 aromatic rings. The Labute approximate surface area is 145 Å². The summed E-state index contributed by atoms with van der Waals surface area (Å²) in [6.45, 7) is 5.13. The van der Waals surface area contributed by atoms with Crippen LogP contribution in [-0.4, -0.2) is 75.4 Å². The fourth-order valence-corrected chi connectivity index (χ4v) is 1.73. The smallest absolute Gasteiger partial charge is 0.328 e. The molecule has 6 unspecified atom stereocenters. The summed E-state index contributed by atoms with van der Waals surface area (Å²) in [5.74, 6) is -3.81. The summed E-state index contributed by atoms with van der Waals surface area (Å²) < 4.78 is 0. The Bertz CT molecular complexity index is 507. The number of aliphatic hydroxyl groups is 2. The third-order valence-electron chi connectivity index (χ3n) is 3.27. The molecule has 0 aliphatic rings. The first-order valence-corrected chi connectivity index (χ1v) is 7.64. The predicted octanol–water partition coefficient (Wildman–Crippen LogP) is -3.35. The summed E-state index contributed by atoms with van der Waals surface area (Å²) in [4.78, 5) is 46.6. The number of hydrogen-bond donors (Lipinski definition) is 7. The van der Waals surface area contributed by atoms with Gasteiger partial charge >= 0.3 is 5.97 Å². The Hall–Kier alpha value is -2.24. The molecule has 0 saturated heterocycles. The second-order valence-electron chi connectivity index (χ2n) is 5.81. The second-order valence-corrected chi connectivity index (χ2v) is 5.81. The number of aliphatic hydroxyl groups excluding tert-OH is 2. The van der Waals surface area contributed by atoms with Gasteiger partial charge in [0.2, 0.25) is 17.7 Å². The molecule has 0 aromatic carbocycles. The lowest BCUT2D eigenvalue weighted by Crippen LogP contribution is -2.59. The normalized spacial score (nSPS) is 18.0. The number of rotatable bonds is 9. The third-order valence-corrected chi connectivity index (χ3v) is 3.27. The molecule has 0 spiro atoms. The van der Waals surface area contributed by atoms with Gasteiger partial charge in [0.05, 0.1) is 18.2 Å². The van der Waals surface area contributed by atoms with Gasteiger partial charge in [0.1, 0.15) is 12.1 Å². The van der Waals surface area contributed by atoms with Gasteiger partial charge in [0.15, 0.2) is 6.04 Å². The minimum absolute atomic E-state index is 0.668. The van der Waals surface area contributed by atoms with Gasteiger partial charge in [-0.1, -0.05) is 0 Å². The van der Waals surface area contributed by atoms with Crippen LogP contribution in [0.25, 0.3) is 0 Å². The van der Waals surface area contributed by atoms with E-state index in [2.05, 4.69) is 16.0 Å². The molecule has 144 valence electrons. The average molecular weight is 362 g/mol. The first-order valence-electron chi connectivity index (χ1n) is 7.64. The van der Waals surface area contributed by atoms with Crippen molar-refractivity contribution in [3.8, 4) is 0 Å². The van der Waals surface area contributed by atoms with E-state index in [1.54, 1.807) is 0 Å². The van der Waals surface area contributed by atoms with E-state index in [9.17, 15) is 29.4 Å². The van der Waals surface area contributed by atoms with Gasteiger partial charge in [-0.3, -0.25) is 14.4 Å². The second kappa shape index (κ2) is 9.91. The molecule has 3 amide bonds. The van der Waals surface area contributed by atoms with E-state index in [1.807, 2.05) is 0 Å². The molecule has 0 aliphatic heterocycles. The van der Waals surface area contributed by atoms with Crippen LogP contribution < -0.4 is 21.7 Å². The minimum atomic E-state index is -1.54. The average Bonchev–Trinajstić information content (AvgIpc) is 2.47. The Kier molecular flexibility index (Phi) is 9.02. The first-order chi connectivity index (χ1) is 11.4. The summed E-state index contributed by atoms with van der Waals surface area (Å²) in [5.41, 5.74) is 5.38. The van der Waals surface area contributed by atoms with E-state index in [0.29, 0.717) is 0 Å². The number of aliphatic carboxylic acids is 1. The zero-order valence-corrected chi connectivity index (χ0v) is 14.5. The van der Waals surface area contributed by atoms with Gasteiger partial charge in [0, 0.05) is 0 Å². The van der Waals surface area contributed by atoms with Gasteiger partial charge in [0.25, 0.3) is 0 Å². The van der Waals surface area contributed by atoms with Crippen LogP contribution >= 0.6 is 0 Å². The Balaban J connectivity index is 4.91. The molecule has 0 bridgehead atoms. The maximum Gasteiger partial charge on any atom is 0.328 e. The number of nitrogens with one attached hydrogen (secondary N) is 3. The topological polar surface area (TPSA) is 191 Å². The molecule has 11 heteroatoms. The van der Waals surface area contributed by atoms with E-state index in [0.717, 1.165) is 0 Å². The van der Waals surface area contributed by atoms with Gasteiger partial charge in [-0.05, 0) is 27.7 Å². The molecule has 6 atom stereocenters. The minimum Gasteiger partial charge on any atom is -0.480 e. The molecule has 0 aliphatic carbocycles. The Morgan fingerprint density at radius 1 is 0.760 bits per heavy atom. The van der Waals surface area contributed by atoms with Crippen molar-refractivity contribution >= 4 is 23.7 Å². The molecule has 0 rings (SSSR count). The van der Waals surface area contributed by atoms with Crippen molar-refractivity contribution < 1.29 is 34.5 Å².